The summed E-state index contributed by atoms with van der Waals surface area (Å²) in [4.78, 5) is 46.2. The molecule has 0 radical (unpaired) electrons. The molecule has 2 amide bonds. The number of nitrogens with zero attached hydrogens (tertiary/aromatic N) is 2. The highest BCUT2D eigenvalue weighted by Gasteiger charge is 2.74. The number of para-hydroxylation sites is 1. The van der Waals surface area contributed by atoms with Gasteiger partial charge in [-0.05, 0) is 56.2 Å². The minimum atomic E-state index is -0.907. The van der Waals surface area contributed by atoms with Crippen molar-refractivity contribution in [3.05, 3.63) is 90.0 Å². The van der Waals surface area contributed by atoms with Gasteiger partial charge >= 0.3 is 5.97 Å². The number of benzene rings is 2. The topological polar surface area (TPSA) is 87.1 Å². The highest BCUT2D eigenvalue weighted by molar-refractivity contribution is 8.02. The molecule has 3 aliphatic rings. The number of amides is 2. The van der Waals surface area contributed by atoms with Crippen molar-refractivity contribution >= 4 is 46.8 Å². The van der Waals surface area contributed by atoms with Gasteiger partial charge in [0.1, 0.15) is 6.04 Å². The lowest BCUT2D eigenvalue weighted by atomic mass is 9.71. The number of anilines is 1. The van der Waals surface area contributed by atoms with Gasteiger partial charge in [-0.3, -0.25) is 14.4 Å². The van der Waals surface area contributed by atoms with E-state index in [0.29, 0.717) is 36.4 Å². The van der Waals surface area contributed by atoms with Crippen LogP contribution in [0.3, 0.4) is 0 Å². The largest absolute Gasteiger partial charge is 0.465 e. The SMILES string of the molecule is C=CCCCOC(=O)[C@@H]1[C@H]2C(=O)N([C@@H](CO)Cc3ccccc3)C(C(=O)N(CC=C)c3c(C)cccc3Cl)C23CC[C@H]1S3. The second-order valence-electron chi connectivity index (χ2n) is 11.6. The molecule has 9 heteroatoms. The van der Waals surface area contributed by atoms with E-state index in [1.165, 1.54) is 0 Å². The number of esters is 1. The summed E-state index contributed by atoms with van der Waals surface area (Å²) in [6, 6.07) is 13.5. The van der Waals surface area contributed by atoms with Crippen LogP contribution >= 0.6 is 23.4 Å². The van der Waals surface area contributed by atoms with Crippen molar-refractivity contribution in [3.63, 3.8) is 0 Å². The van der Waals surface area contributed by atoms with E-state index in [0.717, 1.165) is 17.5 Å². The quantitative estimate of drug-likeness (QED) is 0.184. The van der Waals surface area contributed by atoms with Gasteiger partial charge in [0.2, 0.25) is 5.91 Å². The number of rotatable bonds is 13. The van der Waals surface area contributed by atoms with Crippen LogP contribution in [0.1, 0.15) is 36.8 Å². The maximum Gasteiger partial charge on any atom is 0.310 e. The number of unbranched alkanes of at least 4 members (excludes halogenated alkanes) is 1. The Labute approximate surface area is 262 Å². The minimum Gasteiger partial charge on any atom is -0.465 e. The molecule has 1 N–H and O–H groups in total. The second-order valence-corrected chi connectivity index (χ2v) is 13.6. The Bertz CT molecular complexity index is 1370. The first-order valence-corrected chi connectivity index (χ1v) is 16.1. The second kappa shape index (κ2) is 13.3. The number of fused-ring (bicyclic) bond motifs is 1. The number of carbonyl (C=O) groups excluding carboxylic acids is 3. The molecule has 0 aromatic heterocycles. The van der Waals surface area contributed by atoms with Gasteiger partial charge in [-0.25, -0.2) is 0 Å². The average molecular weight is 623 g/mol. The number of carbonyl (C=O) groups is 3. The maximum absolute atomic E-state index is 14.9. The fourth-order valence-corrected chi connectivity index (χ4v) is 9.71. The first kappa shape index (κ1) is 31.4. The highest BCUT2D eigenvalue weighted by atomic mass is 35.5. The summed E-state index contributed by atoms with van der Waals surface area (Å²) in [5.41, 5.74) is 2.33. The van der Waals surface area contributed by atoms with Gasteiger partial charge in [-0.1, -0.05) is 66.2 Å². The van der Waals surface area contributed by atoms with Crippen LogP contribution in [0.25, 0.3) is 0 Å². The molecule has 0 saturated carbocycles. The molecule has 3 heterocycles. The molecule has 3 saturated heterocycles. The van der Waals surface area contributed by atoms with E-state index in [1.54, 1.807) is 39.8 Å². The number of likely N-dealkylation sites (tertiary alicyclic amines) is 1. The first-order valence-electron chi connectivity index (χ1n) is 14.9. The first-order chi connectivity index (χ1) is 20.8. The normalized spacial score (nSPS) is 26.2. The smallest absolute Gasteiger partial charge is 0.310 e. The fourth-order valence-electron chi connectivity index (χ4n) is 7.20. The van der Waals surface area contributed by atoms with Crippen LogP contribution in [0.4, 0.5) is 5.69 Å². The molecule has 6 atom stereocenters. The molecule has 1 spiro atoms. The molecule has 0 aliphatic carbocycles. The Hall–Kier alpha value is -3.07. The third-order valence-electron chi connectivity index (χ3n) is 9.00. The molecule has 43 heavy (non-hydrogen) atoms. The van der Waals surface area contributed by atoms with Gasteiger partial charge in [-0.2, -0.15) is 0 Å². The van der Waals surface area contributed by atoms with Crippen LogP contribution in [0.15, 0.2) is 73.8 Å². The van der Waals surface area contributed by atoms with Gasteiger partial charge in [0, 0.05) is 11.8 Å². The van der Waals surface area contributed by atoms with Gasteiger partial charge in [0.05, 0.1) is 46.5 Å². The number of aliphatic hydroxyl groups is 1. The number of thioether (sulfide) groups is 1. The van der Waals surface area contributed by atoms with E-state index in [2.05, 4.69) is 13.2 Å². The van der Waals surface area contributed by atoms with Crippen molar-refractivity contribution in [2.45, 2.75) is 61.1 Å². The van der Waals surface area contributed by atoms with Gasteiger partial charge in [0.15, 0.2) is 0 Å². The standard InChI is InChI=1S/C34H39ClN2O5S/c1-4-6-10-19-42-33(41)27-26-16-17-34(43-26)28(27)31(39)37(24(21-38)20-23-13-8-7-9-14-23)30(34)32(40)36(18-5-2)29-22(3)12-11-15-25(29)35/h4-5,7-9,11-15,24,26-28,30,38H,1-2,6,10,16-21H2,3H3/t24-,26-,27+,28+,30?,34?/m1/s1. The molecule has 2 unspecified atom stereocenters. The van der Waals surface area contributed by atoms with E-state index < -0.39 is 28.7 Å². The van der Waals surface area contributed by atoms with Crippen LogP contribution in [0.2, 0.25) is 5.02 Å². The van der Waals surface area contributed by atoms with Crippen LogP contribution in [-0.4, -0.2) is 69.6 Å². The summed E-state index contributed by atoms with van der Waals surface area (Å²) in [7, 11) is 0. The molecular formula is C34H39ClN2O5S. The van der Waals surface area contributed by atoms with Crippen molar-refractivity contribution in [3.8, 4) is 0 Å². The molecule has 2 bridgehead atoms. The van der Waals surface area contributed by atoms with Crippen LogP contribution in [0.5, 0.6) is 0 Å². The summed E-state index contributed by atoms with van der Waals surface area (Å²) in [5, 5.41) is 11.0. The van der Waals surface area contributed by atoms with Gasteiger partial charge in [0.25, 0.3) is 5.91 Å². The Morgan fingerprint density at radius 3 is 2.65 bits per heavy atom. The van der Waals surface area contributed by atoms with E-state index in [4.69, 9.17) is 16.3 Å². The Morgan fingerprint density at radius 1 is 1.21 bits per heavy atom. The highest BCUT2D eigenvalue weighted by Crippen LogP contribution is 2.67. The average Bonchev–Trinajstić information content (AvgIpc) is 3.65. The Balaban J connectivity index is 1.58. The number of aryl methyl sites for hydroxylation is 1. The number of aliphatic hydroxyl groups excluding tert-OH is 1. The molecular weight excluding hydrogens is 584 g/mol. The molecule has 228 valence electrons. The summed E-state index contributed by atoms with van der Waals surface area (Å²) in [6.07, 6.45) is 6.49. The van der Waals surface area contributed by atoms with Crippen molar-refractivity contribution < 1.29 is 24.2 Å². The summed E-state index contributed by atoms with van der Waals surface area (Å²) < 4.78 is 4.86. The molecule has 7 nitrogen and oxygen atoms in total. The number of ether oxygens (including phenoxy) is 1. The van der Waals surface area contributed by atoms with Crippen LogP contribution < -0.4 is 4.90 Å². The lowest BCUT2D eigenvalue weighted by Gasteiger charge is -2.40. The number of hydrogen-bond acceptors (Lipinski definition) is 6. The summed E-state index contributed by atoms with van der Waals surface area (Å²) in [6.45, 7) is 9.62. The van der Waals surface area contributed by atoms with Crippen LogP contribution in [-0.2, 0) is 25.5 Å². The zero-order valence-electron chi connectivity index (χ0n) is 24.5. The number of allylic oxidation sites excluding steroid dienone is 1. The molecule has 5 rings (SSSR count). The fraction of sp³-hybridized carbons (Fsp3) is 0.441. The zero-order chi connectivity index (χ0) is 30.7. The third-order valence-corrected chi connectivity index (χ3v) is 11.3. The predicted molar refractivity (Wildman–Crippen MR) is 171 cm³/mol. The maximum atomic E-state index is 14.9. The molecule has 2 aromatic rings. The van der Waals surface area contributed by atoms with E-state index in [9.17, 15) is 19.5 Å². The van der Waals surface area contributed by atoms with Crippen molar-refractivity contribution in [1.82, 2.24) is 4.90 Å². The van der Waals surface area contributed by atoms with E-state index in [1.807, 2.05) is 49.4 Å². The molecule has 2 aromatic carbocycles. The summed E-state index contributed by atoms with van der Waals surface area (Å²) in [5.74, 6) is -2.32. The van der Waals surface area contributed by atoms with Gasteiger partial charge < -0.3 is 19.6 Å². The Morgan fingerprint density at radius 2 is 1.98 bits per heavy atom. The lowest BCUT2D eigenvalue weighted by molar-refractivity contribution is -0.154. The van der Waals surface area contributed by atoms with E-state index in [-0.39, 0.29) is 42.8 Å². The van der Waals surface area contributed by atoms with Crippen LogP contribution in [0, 0.1) is 18.8 Å². The third kappa shape index (κ3) is 5.65. The van der Waals surface area contributed by atoms with Crippen molar-refractivity contribution in [2.24, 2.45) is 11.8 Å². The monoisotopic (exact) mass is 622 g/mol. The molecule has 3 fully saturated rings. The zero-order valence-corrected chi connectivity index (χ0v) is 26.1. The van der Waals surface area contributed by atoms with Gasteiger partial charge in [-0.15, -0.1) is 24.9 Å². The lowest BCUT2D eigenvalue weighted by Crippen LogP contribution is -2.58. The van der Waals surface area contributed by atoms with E-state index >= 15 is 0 Å². The van der Waals surface area contributed by atoms with Crippen molar-refractivity contribution in [1.29, 1.82) is 0 Å². The Kier molecular flexibility index (Phi) is 9.69. The minimum absolute atomic E-state index is 0.116. The number of hydrogen-bond donors (Lipinski definition) is 1. The molecule has 3 aliphatic heterocycles. The number of halogens is 1. The summed E-state index contributed by atoms with van der Waals surface area (Å²) >= 11 is 8.25. The predicted octanol–water partition coefficient (Wildman–Crippen LogP) is 5.37. The van der Waals surface area contributed by atoms with Crippen molar-refractivity contribution in [2.75, 3.05) is 24.7 Å².